The Morgan fingerprint density at radius 3 is 2.60 bits per heavy atom. The summed E-state index contributed by atoms with van der Waals surface area (Å²) in [4.78, 5) is 12.4. The predicted octanol–water partition coefficient (Wildman–Crippen LogP) is 0.749. The lowest BCUT2D eigenvalue weighted by atomic mass is 9.93. The third-order valence-corrected chi connectivity index (χ3v) is 2.91. The molecule has 0 saturated heterocycles. The molecule has 2 aromatic rings. The molecule has 15 heavy (non-hydrogen) atoms. The van der Waals surface area contributed by atoms with Crippen molar-refractivity contribution in [2.45, 2.75) is 30.5 Å². The van der Waals surface area contributed by atoms with Crippen molar-refractivity contribution in [1.82, 2.24) is 19.8 Å². The molecule has 0 aliphatic carbocycles. The van der Waals surface area contributed by atoms with Gasteiger partial charge in [0.15, 0.2) is 0 Å². The van der Waals surface area contributed by atoms with Crippen LogP contribution in [0, 0.1) is 0 Å². The Labute approximate surface area is 95.6 Å². The van der Waals surface area contributed by atoms with Gasteiger partial charge in [0.05, 0.1) is 0 Å². The van der Waals surface area contributed by atoms with Gasteiger partial charge in [0, 0.05) is 5.41 Å². The van der Waals surface area contributed by atoms with Gasteiger partial charge in [-0.05, 0) is 4.34 Å². The van der Waals surface area contributed by atoms with E-state index in [9.17, 15) is 4.79 Å². The number of hydrogen-bond donors (Lipinski definition) is 0. The average Bonchev–Trinajstić information content (AvgIpc) is 2.44. The Hall–Kier alpha value is -1.08. The molecule has 2 heterocycles. The Bertz CT molecular complexity index is 566. The van der Waals surface area contributed by atoms with E-state index >= 15 is 0 Å². The Morgan fingerprint density at radius 2 is 2.00 bits per heavy atom. The average molecular weight is 241 g/mol. The highest BCUT2D eigenvalue weighted by molar-refractivity contribution is 7.62. The van der Waals surface area contributed by atoms with Crippen LogP contribution in [-0.2, 0) is 18.0 Å². The summed E-state index contributed by atoms with van der Waals surface area (Å²) in [7, 11) is 0. The molecular weight excluding hydrogens is 232 g/mol. The fraction of sp³-hybridized carbons (Fsp3) is 0.500. The summed E-state index contributed by atoms with van der Waals surface area (Å²) in [5, 5.41) is 11.8. The Kier molecular flexibility index (Phi) is 2.23. The first-order chi connectivity index (χ1) is 6.89. The summed E-state index contributed by atoms with van der Waals surface area (Å²) in [6.07, 6.45) is 0. The second-order valence-corrected chi connectivity index (χ2v) is 5.77. The van der Waals surface area contributed by atoms with Gasteiger partial charge in [0.2, 0.25) is 0 Å². The van der Waals surface area contributed by atoms with Crippen molar-refractivity contribution in [3.8, 4) is 0 Å². The quantitative estimate of drug-likeness (QED) is 0.637. The second-order valence-electron chi connectivity index (χ2n) is 4.17. The van der Waals surface area contributed by atoms with Crippen LogP contribution in [0.2, 0.25) is 0 Å². The van der Waals surface area contributed by atoms with Crippen LogP contribution in [0.4, 0.5) is 0 Å². The van der Waals surface area contributed by atoms with Gasteiger partial charge in [0.1, 0.15) is 10.7 Å². The topological polar surface area (TPSA) is 60.1 Å². The lowest BCUT2D eigenvalue weighted by molar-refractivity contribution is 0.541. The fourth-order valence-electron chi connectivity index (χ4n) is 1.17. The molecule has 0 saturated carbocycles. The third kappa shape index (κ3) is 1.72. The molecule has 0 aliphatic heterocycles. The Morgan fingerprint density at radius 1 is 1.33 bits per heavy atom. The van der Waals surface area contributed by atoms with Crippen LogP contribution in [-0.4, -0.2) is 19.8 Å². The van der Waals surface area contributed by atoms with Gasteiger partial charge in [-0.1, -0.05) is 20.8 Å². The van der Waals surface area contributed by atoms with Gasteiger partial charge in [-0.2, -0.15) is 9.61 Å². The molecule has 0 bridgehead atoms. The van der Waals surface area contributed by atoms with E-state index in [2.05, 4.69) is 15.3 Å². The molecule has 0 N–H and O–H groups in total. The van der Waals surface area contributed by atoms with Crippen LogP contribution in [0.3, 0.4) is 0 Å². The monoisotopic (exact) mass is 241 g/mol. The highest BCUT2D eigenvalue weighted by Gasteiger charge is 2.21. The zero-order valence-electron chi connectivity index (χ0n) is 8.51. The van der Waals surface area contributed by atoms with Crippen LogP contribution < -0.4 is 5.56 Å². The second kappa shape index (κ2) is 3.21. The molecule has 0 spiro atoms. The summed E-state index contributed by atoms with van der Waals surface area (Å²) in [6, 6.07) is 0. The van der Waals surface area contributed by atoms with E-state index in [1.54, 1.807) is 0 Å². The summed E-state index contributed by atoms with van der Waals surface area (Å²) in [6.45, 7) is 5.73. The number of hydrogen-bond acceptors (Lipinski definition) is 6. The van der Waals surface area contributed by atoms with Crippen molar-refractivity contribution >= 4 is 28.9 Å². The molecule has 0 radical (unpaired) electrons. The van der Waals surface area contributed by atoms with Gasteiger partial charge in [-0.3, -0.25) is 4.79 Å². The first kappa shape index (κ1) is 10.4. The molecule has 7 heteroatoms. The maximum Gasteiger partial charge on any atom is 0.296 e. The smallest absolute Gasteiger partial charge is 0.296 e. The standard InChI is InChI=1S/C8H10N4OS2/c1-8(2,3)4-5(13)12-6(10-9-4)15-7(14)11-12/h1-3H3,(H,11,14)/p-1. The van der Waals surface area contributed by atoms with Gasteiger partial charge in [-0.25, -0.2) is 0 Å². The van der Waals surface area contributed by atoms with Gasteiger partial charge < -0.3 is 24.0 Å². The summed E-state index contributed by atoms with van der Waals surface area (Å²) in [5.74, 6) is 0. The van der Waals surface area contributed by atoms with E-state index in [4.69, 9.17) is 12.6 Å². The van der Waals surface area contributed by atoms with Crippen molar-refractivity contribution < 1.29 is 0 Å². The third-order valence-electron chi connectivity index (χ3n) is 1.88. The van der Waals surface area contributed by atoms with Gasteiger partial charge in [-0.15, -0.1) is 10.2 Å². The summed E-state index contributed by atoms with van der Waals surface area (Å²) in [5.41, 5.74) is -0.170. The molecule has 0 aliphatic rings. The largest absolute Gasteiger partial charge is 0.406 e. The molecule has 0 atom stereocenters. The predicted molar refractivity (Wildman–Crippen MR) is 59.3 cm³/mol. The van der Waals surface area contributed by atoms with E-state index in [0.717, 1.165) is 0 Å². The lowest BCUT2D eigenvalue weighted by Crippen LogP contribution is -2.30. The Balaban J connectivity index is 2.82. The number of fused-ring (bicyclic) bond motifs is 1. The molecule has 0 aromatic carbocycles. The highest BCUT2D eigenvalue weighted by Crippen LogP contribution is 2.16. The SMILES string of the molecule is CC(C)(C)c1nnc2sc([S-])nn2c1=O. The molecule has 0 unspecified atom stereocenters. The van der Waals surface area contributed by atoms with Crippen LogP contribution >= 0.6 is 11.3 Å². The van der Waals surface area contributed by atoms with Crippen LogP contribution in [0.1, 0.15) is 26.5 Å². The summed E-state index contributed by atoms with van der Waals surface area (Å²) >= 11 is 6.07. The van der Waals surface area contributed by atoms with Crippen molar-refractivity contribution in [3.05, 3.63) is 16.0 Å². The van der Waals surface area contributed by atoms with E-state index < -0.39 is 0 Å². The summed E-state index contributed by atoms with van der Waals surface area (Å²) < 4.78 is 1.62. The van der Waals surface area contributed by atoms with Crippen LogP contribution in [0.5, 0.6) is 0 Å². The maximum absolute atomic E-state index is 11.9. The highest BCUT2D eigenvalue weighted by atomic mass is 32.2. The molecule has 0 fully saturated rings. The van der Waals surface area contributed by atoms with Gasteiger partial charge >= 0.3 is 0 Å². The molecule has 0 amide bonds. The molecule has 5 nitrogen and oxygen atoms in total. The molecular formula is C8H9N4OS2-. The first-order valence-electron chi connectivity index (χ1n) is 4.33. The lowest BCUT2D eigenvalue weighted by Gasteiger charge is -2.14. The fourth-order valence-corrected chi connectivity index (χ4v) is 2.04. The minimum absolute atomic E-state index is 0.236. The van der Waals surface area contributed by atoms with Crippen molar-refractivity contribution in [2.75, 3.05) is 0 Å². The molecule has 2 rings (SSSR count). The van der Waals surface area contributed by atoms with Crippen molar-refractivity contribution in [3.63, 3.8) is 0 Å². The van der Waals surface area contributed by atoms with Gasteiger partial charge in [0.25, 0.3) is 5.56 Å². The van der Waals surface area contributed by atoms with E-state index in [1.807, 2.05) is 20.8 Å². The normalized spacial score (nSPS) is 12.2. The molecule has 2 aromatic heterocycles. The molecule has 80 valence electrons. The number of nitrogens with zero attached hydrogens (tertiary/aromatic N) is 4. The van der Waals surface area contributed by atoms with Crippen LogP contribution in [0.15, 0.2) is 9.13 Å². The number of rotatable bonds is 0. The first-order valence-corrected chi connectivity index (χ1v) is 5.56. The van der Waals surface area contributed by atoms with Crippen molar-refractivity contribution in [2.24, 2.45) is 0 Å². The van der Waals surface area contributed by atoms with Crippen molar-refractivity contribution in [1.29, 1.82) is 0 Å². The van der Waals surface area contributed by atoms with E-state index in [-0.39, 0.29) is 11.0 Å². The zero-order valence-corrected chi connectivity index (χ0v) is 10.1. The zero-order chi connectivity index (χ0) is 11.2. The minimum Gasteiger partial charge on any atom is -0.406 e. The maximum atomic E-state index is 11.9. The van der Waals surface area contributed by atoms with E-state index in [1.165, 1.54) is 15.9 Å². The van der Waals surface area contributed by atoms with Crippen LogP contribution in [0.25, 0.3) is 4.96 Å². The minimum atomic E-state index is -0.337. The number of aromatic nitrogens is 4. The van der Waals surface area contributed by atoms with E-state index in [0.29, 0.717) is 15.0 Å².